The fourth-order valence-corrected chi connectivity index (χ4v) is 4.08. The minimum absolute atomic E-state index is 0.0123. The van der Waals surface area contributed by atoms with Gasteiger partial charge in [0.05, 0.1) is 17.1 Å². The lowest BCUT2D eigenvalue weighted by molar-refractivity contribution is 0.0948. The number of benzene rings is 2. The third kappa shape index (κ3) is 3.67. The number of halogens is 3. The van der Waals surface area contributed by atoms with Gasteiger partial charge in [-0.25, -0.2) is 14.1 Å². The summed E-state index contributed by atoms with van der Waals surface area (Å²) in [5, 5.41) is 11.0. The summed E-state index contributed by atoms with van der Waals surface area (Å²) >= 11 is 13.5. The van der Waals surface area contributed by atoms with Gasteiger partial charge in [-0.1, -0.05) is 47.1 Å². The van der Waals surface area contributed by atoms with Crippen LogP contribution in [0.1, 0.15) is 16.2 Å². The van der Waals surface area contributed by atoms with Gasteiger partial charge in [0.25, 0.3) is 5.91 Å². The lowest BCUT2D eigenvalue weighted by Crippen LogP contribution is -2.46. The van der Waals surface area contributed by atoms with Crippen LogP contribution in [0.3, 0.4) is 0 Å². The number of amides is 1. The van der Waals surface area contributed by atoms with Crippen LogP contribution < -0.4 is 9.75 Å². The summed E-state index contributed by atoms with van der Waals surface area (Å²) in [7, 11) is 0. The predicted octanol–water partition coefficient (Wildman–Crippen LogP) is 4.19. The molecule has 0 saturated carbocycles. The van der Waals surface area contributed by atoms with Crippen LogP contribution in [0.5, 0.6) is 5.75 Å². The highest BCUT2D eigenvalue weighted by Crippen LogP contribution is 2.29. The zero-order valence-corrected chi connectivity index (χ0v) is 16.6. The summed E-state index contributed by atoms with van der Waals surface area (Å²) in [4.78, 5) is 12.9. The molecule has 4 rings (SSSR count). The Morgan fingerprint density at radius 2 is 2.04 bits per heavy atom. The number of carbonyl (C=O) groups is 1. The van der Waals surface area contributed by atoms with Crippen LogP contribution in [-0.2, 0) is 6.61 Å². The Labute approximate surface area is 174 Å². The minimum Gasteiger partial charge on any atom is -0.484 e. The number of rotatable bonds is 4. The minimum atomic E-state index is -0.578. The third-order valence-corrected chi connectivity index (χ3v) is 5.47. The van der Waals surface area contributed by atoms with Crippen molar-refractivity contribution in [2.45, 2.75) is 11.8 Å². The van der Waals surface area contributed by atoms with E-state index in [4.69, 9.17) is 27.9 Å². The topological polar surface area (TPSA) is 60.3 Å². The van der Waals surface area contributed by atoms with Crippen LogP contribution in [0.2, 0.25) is 10.0 Å². The van der Waals surface area contributed by atoms with Crippen molar-refractivity contribution in [1.29, 1.82) is 0 Å². The molecule has 1 aromatic heterocycles. The highest BCUT2D eigenvalue weighted by atomic mass is 35.5. The molecule has 0 spiro atoms. The molecule has 28 heavy (non-hydrogen) atoms. The van der Waals surface area contributed by atoms with E-state index in [0.717, 1.165) is 0 Å². The van der Waals surface area contributed by atoms with Crippen LogP contribution >= 0.6 is 35.0 Å². The predicted molar refractivity (Wildman–Crippen MR) is 105 cm³/mol. The van der Waals surface area contributed by atoms with E-state index in [-0.39, 0.29) is 12.2 Å². The molecule has 144 valence electrons. The van der Waals surface area contributed by atoms with Gasteiger partial charge in [-0.3, -0.25) is 4.79 Å². The molecule has 1 amide bonds. The number of hydrogen-bond donors (Lipinski definition) is 0. The van der Waals surface area contributed by atoms with Crippen molar-refractivity contribution < 1.29 is 13.9 Å². The number of fused-ring (bicyclic) bond motifs is 1. The molecular formula is C18H13Cl2FN4O2S. The zero-order valence-electron chi connectivity index (χ0n) is 14.3. The van der Waals surface area contributed by atoms with Crippen molar-refractivity contribution in [3.63, 3.8) is 0 Å². The van der Waals surface area contributed by atoms with E-state index >= 15 is 0 Å². The Kier molecular flexibility index (Phi) is 5.43. The van der Waals surface area contributed by atoms with Gasteiger partial charge in [0.2, 0.25) is 5.16 Å². The maximum absolute atomic E-state index is 14.1. The van der Waals surface area contributed by atoms with Crippen molar-refractivity contribution in [2.75, 3.05) is 17.3 Å². The molecule has 10 heteroatoms. The van der Waals surface area contributed by atoms with E-state index in [1.165, 1.54) is 35.0 Å². The van der Waals surface area contributed by atoms with Crippen molar-refractivity contribution in [1.82, 2.24) is 14.9 Å². The fourth-order valence-electron chi connectivity index (χ4n) is 2.74. The highest BCUT2D eigenvalue weighted by Gasteiger charge is 2.29. The van der Waals surface area contributed by atoms with Gasteiger partial charge in [-0.2, -0.15) is 0 Å². The molecule has 6 nitrogen and oxygen atoms in total. The average Bonchev–Trinajstić information content (AvgIpc) is 3.10. The number of thioether (sulfide) groups is 1. The van der Waals surface area contributed by atoms with Crippen LogP contribution in [-0.4, -0.2) is 33.1 Å². The van der Waals surface area contributed by atoms with Gasteiger partial charge in [-0.15, -0.1) is 10.2 Å². The Hall–Kier alpha value is -2.29. The van der Waals surface area contributed by atoms with Crippen LogP contribution in [0.25, 0.3) is 0 Å². The molecule has 2 aromatic carbocycles. The van der Waals surface area contributed by atoms with E-state index in [1.807, 2.05) is 0 Å². The lowest BCUT2D eigenvalue weighted by Gasteiger charge is -2.29. The van der Waals surface area contributed by atoms with Gasteiger partial charge in [0, 0.05) is 10.8 Å². The number of ether oxygens (including phenoxy) is 1. The Bertz CT molecular complexity index is 1050. The summed E-state index contributed by atoms with van der Waals surface area (Å²) in [6.07, 6.45) is 0. The fraction of sp³-hybridized carbons (Fsp3) is 0.167. The Balaban J connectivity index is 1.61. The Morgan fingerprint density at radius 1 is 1.21 bits per heavy atom. The smallest absolute Gasteiger partial charge is 0.275 e. The zero-order chi connectivity index (χ0) is 19.7. The maximum Gasteiger partial charge on any atom is 0.275 e. The Morgan fingerprint density at radius 3 is 2.82 bits per heavy atom. The molecule has 0 atom stereocenters. The molecule has 0 N–H and O–H groups in total. The largest absolute Gasteiger partial charge is 0.484 e. The number of hydrogen-bond acceptors (Lipinski definition) is 5. The first kappa shape index (κ1) is 19.0. The molecule has 3 aromatic rings. The van der Waals surface area contributed by atoms with Gasteiger partial charge in [0.15, 0.2) is 5.82 Å². The first-order chi connectivity index (χ1) is 13.5. The van der Waals surface area contributed by atoms with Gasteiger partial charge in [-0.05, 0) is 30.3 Å². The highest BCUT2D eigenvalue weighted by molar-refractivity contribution is 7.99. The molecule has 0 aliphatic carbocycles. The van der Waals surface area contributed by atoms with Crippen LogP contribution in [0.4, 0.5) is 4.39 Å². The number of carbonyl (C=O) groups excluding carboxylic acids is 1. The second-order valence-corrected chi connectivity index (χ2v) is 7.74. The second-order valence-electron chi connectivity index (χ2n) is 5.83. The average molecular weight is 439 g/mol. The molecule has 1 aliphatic rings. The summed E-state index contributed by atoms with van der Waals surface area (Å²) < 4.78 is 21.4. The molecule has 0 unspecified atom stereocenters. The summed E-state index contributed by atoms with van der Waals surface area (Å²) in [6.45, 7) is 0.410. The van der Waals surface area contributed by atoms with Crippen molar-refractivity contribution in [2.24, 2.45) is 0 Å². The van der Waals surface area contributed by atoms with E-state index in [0.29, 0.717) is 39.1 Å². The summed E-state index contributed by atoms with van der Waals surface area (Å²) in [5.41, 5.74) is -0.0123. The summed E-state index contributed by atoms with van der Waals surface area (Å²) in [6, 6.07) is 10.7. The van der Waals surface area contributed by atoms with Crippen molar-refractivity contribution in [3.05, 3.63) is 69.7 Å². The van der Waals surface area contributed by atoms with Gasteiger partial charge >= 0.3 is 0 Å². The normalized spacial score (nSPS) is 13.3. The molecule has 2 heterocycles. The molecule has 0 bridgehead atoms. The first-order valence-corrected chi connectivity index (χ1v) is 10.0. The molecule has 0 fully saturated rings. The van der Waals surface area contributed by atoms with Gasteiger partial charge in [0.1, 0.15) is 18.2 Å². The lowest BCUT2D eigenvalue weighted by atomic mass is 10.2. The standard InChI is InChI=1S/C18H13Cl2FN4O2S/c19-11-5-6-15(13(20)9-11)27-10-16-22-23-18-25(16)24(7-8-28-18)17(26)12-3-1-2-4-14(12)21/h1-6,9H,7-8,10H2. The van der Waals surface area contributed by atoms with Crippen LogP contribution in [0, 0.1) is 5.82 Å². The molecule has 1 aliphatic heterocycles. The quantitative estimate of drug-likeness (QED) is 0.611. The number of nitrogens with zero attached hydrogens (tertiary/aromatic N) is 4. The molecular weight excluding hydrogens is 426 g/mol. The van der Waals surface area contributed by atoms with E-state index in [9.17, 15) is 9.18 Å². The van der Waals surface area contributed by atoms with Crippen LogP contribution in [0.15, 0.2) is 47.6 Å². The van der Waals surface area contributed by atoms with Gasteiger partial charge < -0.3 is 4.74 Å². The van der Waals surface area contributed by atoms with E-state index in [2.05, 4.69) is 10.2 Å². The molecule has 0 saturated heterocycles. The second kappa shape index (κ2) is 7.98. The maximum atomic E-state index is 14.1. The SMILES string of the molecule is O=C(c1ccccc1F)N1CCSc2nnc(COc3ccc(Cl)cc3Cl)n21. The monoisotopic (exact) mass is 438 g/mol. The van der Waals surface area contributed by atoms with Crippen molar-refractivity contribution in [3.8, 4) is 5.75 Å². The van der Waals surface area contributed by atoms with Crippen molar-refractivity contribution >= 4 is 40.9 Å². The number of aromatic nitrogens is 3. The van der Waals surface area contributed by atoms with E-state index in [1.54, 1.807) is 28.9 Å². The molecule has 0 radical (unpaired) electrons. The third-order valence-electron chi connectivity index (χ3n) is 4.04. The first-order valence-electron chi connectivity index (χ1n) is 8.26. The van der Waals surface area contributed by atoms with E-state index < -0.39 is 11.7 Å². The summed E-state index contributed by atoms with van der Waals surface area (Å²) in [5.74, 6) is 0.412.